The molecule has 0 aromatic heterocycles. The van der Waals surface area contributed by atoms with Gasteiger partial charge in [0.15, 0.2) is 0 Å². The summed E-state index contributed by atoms with van der Waals surface area (Å²) >= 11 is 15.0. The molecular formula is C7H6Cl2N2OS. The van der Waals surface area contributed by atoms with Crippen molar-refractivity contribution in [1.82, 2.24) is 5.43 Å². The summed E-state index contributed by atoms with van der Waals surface area (Å²) in [6.45, 7) is 0. The number of carbonyl (C=O) groups is 1. The third-order valence-corrected chi connectivity index (χ3v) is 1.89. The maximum Gasteiger partial charge on any atom is 0.294 e. The Balaban J connectivity index is 2.72. The standard InChI is InChI=1S/C7H6Cl2N2OS/c8-4-1-2-6(5(9)3-4)10-11-7(12)13/h1-3,10H,(H2,11,12,13). The highest BCUT2D eigenvalue weighted by atomic mass is 35.5. The van der Waals surface area contributed by atoms with Gasteiger partial charge in [-0.25, -0.2) is 0 Å². The molecule has 0 atom stereocenters. The summed E-state index contributed by atoms with van der Waals surface area (Å²) in [4.78, 5) is 10.4. The van der Waals surface area contributed by atoms with Crippen LogP contribution in [0.1, 0.15) is 0 Å². The largest absolute Gasteiger partial charge is 0.296 e. The monoisotopic (exact) mass is 236 g/mol. The molecule has 0 unspecified atom stereocenters. The van der Waals surface area contributed by atoms with Crippen LogP contribution >= 0.6 is 35.8 Å². The maximum atomic E-state index is 10.4. The number of nitrogens with one attached hydrogen (secondary N) is 2. The van der Waals surface area contributed by atoms with Crippen LogP contribution in [0, 0.1) is 0 Å². The zero-order valence-corrected chi connectivity index (χ0v) is 8.75. The quantitative estimate of drug-likeness (QED) is 0.546. The van der Waals surface area contributed by atoms with E-state index in [2.05, 4.69) is 23.5 Å². The minimum Gasteiger partial charge on any atom is -0.296 e. The molecule has 1 amide bonds. The number of anilines is 1. The number of rotatable bonds is 2. The SMILES string of the molecule is O=C(S)NNc1ccc(Cl)cc1Cl. The number of halogens is 2. The van der Waals surface area contributed by atoms with Gasteiger partial charge in [0.2, 0.25) is 0 Å². The van der Waals surface area contributed by atoms with E-state index in [4.69, 9.17) is 23.2 Å². The number of carbonyl (C=O) groups excluding carboxylic acids is 1. The van der Waals surface area contributed by atoms with Gasteiger partial charge >= 0.3 is 0 Å². The second-order valence-electron chi connectivity index (χ2n) is 2.18. The van der Waals surface area contributed by atoms with Crippen LogP contribution in [-0.4, -0.2) is 5.24 Å². The summed E-state index contributed by atoms with van der Waals surface area (Å²) in [5.74, 6) is 0. The van der Waals surface area contributed by atoms with E-state index in [1.165, 1.54) is 0 Å². The highest BCUT2D eigenvalue weighted by molar-refractivity contribution is 7.96. The Morgan fingerprint density at radius 2 is 2.08 bits per heavy atom. The van der Waals surface area contributed by atoms with E-state index in [1.54, 1.807) is 18.2 Å². The number of hydrogen-bond acceptors (Lipinski definition) is 2. The van der Waals surface area contributed by atoms with Crippen LogP contribution < -0.4 is 10.9 Å². The average molecular weight is 237 g/mol. The van der Waals surface area contributed by atoms with Crippen molar-refractivity contribution < 1.29 is 4.79 Å². The second kappa shape index (κ2) is 4.60. The first-order chi connectivity index (χ1) is 6.09. The lowest BCUT2D eigenvalue weighted by molar-refractivity contribution is 0.262. The fraction of sp³-hybridized carbons (Fsp3) is 0. The normalized spacial score (nSPS) is 9.46. The molecule has 0 saturated carbocycles. The van der Waals surface area contributed by atoms with Crippen molar-refractivity contribution in [3.63, 3.8) is 0 Å². The van der Waals surface area contributed by atoms with Crippen LogP contribution in [0.3, 0.4) is 0 Å². The van der Waals surface area contributed by atoms with Crippen molar-refractivity contribution in [2.45, 2.75) is 0 Å². The number of amides is 1. The summed E-state index contributed by atoms with van der Waals surface area (Å²) in [5, 5.41) is 0.466. The minimum atomic E-state index is -0.494. The van der Waals surface area contributed by atoms with Crippen LogP contribution in [0.5, 0.6) is 0 Å². The fourth-order valence-corrected chi connectivity index (χ4v) is 1.22. The van der Waals surface area contributed by atoms with E-state index >= 15 is 0 Å². The van der Waals surface area contributed by atoms with Gasteiger partial charge in [-0.05, 0) is 18.2 Å². The van der Waals surface area contributed by atoms with E-state index < -0.39 is 5.24 Å². The van der Waals surface area contributed by atoms with Crippen molar-refractivity contribution in [3.05, 3.63) is 28.2 Å². The number of thiol groups is 1. The molecule has 2 N–H and O–H groups in total. The molecule has 0 radical (unpaired) electrons. The first kappa shape index (κ1) is 10.5. The molecule has 0 spiro atoms. The van der Waals surface area contributed by atoms with Crippen LogP contribution in [0.2, 0.25) is 10.0 Å². The Kier molecular flexibility index (Phi) is 3.71. The molecule has 0 fully saturated rings. The zero-order chi connectivity index (χ0) is 9.84. The fourth-order valence-electron chi connectivity index (χ4n) is 0.712. The van der Waals surface area contributed by atoms with E-state index in [9.17, 15) is 4.79 Å². The Bertz CT molecular complexity index is 332. The Morgan fingerprint density at radius 3 is 2.62 bits per heavy atom. The van der Waals surface area contributed by atoms with Crippen molar-refractivity contribution in [2.24, 2.45) is 0 Å². The molecule has 0 heterocycles. The highest BCUT2D eigenvalue weighted by Gasteiger charge is 2.00. The molecule has 6 heteroatoms. The van der Waals surface area contributed by atoms with E-state index in [0.717, 1.165) is 0 Å². The molecule has 0 aliphatic rings. The van der Waals surface area contributed by atoms with Gasteiger partial charge in [-0.1, -0.05) is 35.8 Å². The summed E-state index contributed by atoms with van der Waals surface area (Å²) in [6.07, 6.45) is 0. The lowest BCUT2D eigenvalue weighted by Gasteiger charge is -2.07. The van der Waals surface area contributed by atoms with Crippen LogP contribution in [-0.2, 0) is 0 Å². The van der Waals surface area contributed by atoms with Gasteiger partial charge in [-0.2, -0.15) is 0 Å². The van der Waals surface area contributed by atoms with Crippen molar-refractivity contribution >= 4 is 46.8 Å². The van der Waals surface area contributed by atoms with E-state index in [0.29, 0.717) is 15.7 Å². The predicted molar refractivity (Wildman–Crippen MR) is 57.6 cm³/mol. The van der Waals surface area contributed by atoms with Crippen LogP contribution in [0.15, 0.2) is 18.2 Å². The summed E-state index contributed by atoms with van der Waals surface area (Å²) < 4.78 is 0. The average Bonchev–Trinajstić information content (AvgIpc) is 2.02. The number of hydrazine groups is 1. The molecule has 0 bridgehead atoms. The molecule has 0 saturated heterocycles. The number of hydrogen-bond donors (Lipinski definition) is 3. The summed E-state index contributed by atoms with van der Waals surface area (Å²) in [6, 6.07) is 4.87. The first-order valence-corrected chi connectivity index (χ1v) is 4.50. The molecule has 13 heavy (non-hydrogen) atoms. The van der Waals surface area contributed by atoms with Gasteiger partial charge in [-0.15, -0.1) is 0 Å². The Labute approximate surface area is 90.8 Å². The molecule has 3 nitrogen and oxygen atoms in total. The van der Waals surface area contributed by atoms with Crippen molar-refractivity contribution in [1.29, 1.82) is 0 Å². The number of benzene rings is 1. The molecule has 1 rings (SSSR count). The molecule has 1 aromatic carbocycles. The summed E-state index contributed by atoms with van der Waals surface area (Å²) in [5.41, 5.74) is 5.41. The van der Waals surface area contributed by atoms with Crippen LogP contribution in [0.4, 0.5) is 10.5 Å². The Hall–Kier alpha value is -0.580. The van der Waals surface area contributed by atoms with Gasteiger partial charge in [0.1, 0.15) is 0 Å². The van der Waals surface area contributed by atoms with Crippen molar-refractivity contribution in [2.75, 3.05) is 5.43 Å². The highest BCUT2D eigenvalue weighted by Crippen LogP contribution is 2.24. The molecule has 0 aliphatic heterocycles. The smallest absolute Gasteiger partial charge is 0.294 e. The lowest BCUT2D eigenvalue weighted by atomic mass is 10.3. The zero-order valence-electron chi connectivity index (χ0n) is 6.34. The Morgan fingerprint density at radius 1 is 1.38 bits per heavy atom. The van der Waals surface area contributed by atoms with Gasteiger partial charge in [0.05, 0.1) is 10.7 Å². The van der Waals surface area contributed by atoms with E-state index in [1.807, 2.05) is 0 Å². The van der Waals surface area contributed by atoms with Crippen LogP contribution in [0.25, 0.3) is 0 Å². The minimum absolute atomic E-state index is 0.426. The molecular weight excluding hydrogens is 231 g/mol. The maximum absolute atomic E-state index is 10.4. The predicted octanol–water partition coefficient (Wildman–Crippen LogP) is 2.96. The summed E-state index contributed by atoms with van der Waals surface area (Å²) in [7, 11) is 0. The second-order valence-corrected chi connectivity index (χ2v) is 3.43. The van der Waals surface area contributed by atoms with Gasteiger partial charge < -0.3 is 0 Å². The van der Waals surface area contributed by atoms with E-state index in [-0.39, 0.29) is 0 Å². The first-order valence-electron chi connectivity index (χ1n) is 3.29. The van der Waals surface area contributed by atoms with Gasteiger partial charge in [-0.3, -0.25) is 15.6 Å². The van der Waals surface area contributed by atoms with Gasteiger partial charge in [0, 0.05) is 5.02 Å². The topological polar surface area (TPSA) is 41.1 Å². The lowest BCUT2D eigenvalue weighted by Crippen LogP contribution is -2.23. The third kappa shape index (κ3) is 3.34. The van der Waals surface area contributed by atoms with Crippen molar-refractivity contribution in [3.8, 4) is 0 Å². The third-order valence-electron chi connectivity index (χ3n) is 1.24. The van der Waals surface area contributed by atoms with Gasteiger partial charge in [0.25, 0.3) is 5.24 Å². The molecule has 0 aliphatic carbocycles. The molecule has 1 aromatic rings. The molecule has 70 valence electrons.